The molecule has 5 rings (SSSR count). The molecule has 10 heteroatoms. The van der Waals surface area contributed by atoms with Crippen LogP contribution in [-0.4, -0.2) is 28.9 Å². The van der Waals surface area contributed by atoms with Crippen LogP contribution in [0.4, 0.5) is 5.69 Å². The fourth-order valence-electron chi connectivity index (χ4n) is 5.07. The molecule has 0 saturated carbocycles. The number of benzene rings is 2. The molecule has 204 valence electrons. The van der Waals surface area contributed by atoms with Gasteiger partial charge in [-0.05, 0) is 67.1 Å². The van der Waals surface area contributed by atoms with Crippen LogP contribution >= 0.6 is 11.3 Å². The first-order valence-corrected chi connectivity index (χ1v) is 15.5. The minimum atomic E-state index is -3.71. The number of thiazole rings is 1. The summed E-state index contributed by atoms with van der Waals surface area (Å²) in [7, 11) is -1.80. The number of hydrogen-bond donors (Lipinski definition) is 1. The maximum Gasteiger partial charge on any atom is 0.241 e. The average molecular weight is 564 g/mol. The van der Waals surface area contributed by atoms with Crippen LogP contribution < -0.4 is 9.62 Å². The zero-order chi connectivity index (χ0) is 27.6. The predicted molar refractivity (Wildman–Crippen MR) is 153 cm³/mol. The van der Waals surface area contributed by atoms with Gasteiger partial charge >= 0.3 is 0 Å². The van der Waals surface area contributed by atoms with Crippen LogP contribution in [0.3, 0.4) is 0 Å². The zero-order valence-corrected chi connectivity index (χ0v) is 24.0. The zero-order valence-electron chi connectivity index (χ0n) is 22.4. The van der Waals surface area contributed by atoms with Crippen molar-refractivity contribution in [1.82, 2.24) is 19.3 Å². The monoisotopic (exact) mass is 563 g/mol. The van der Waals surface area contributed by atoms with Crippen molar-refractivity contribution in [3.8, 4) is 0 Å². The van der Waals surface area contributed by atoms with Crippen molar-refractivity contribution in [2.45, 2.75) is 62.9 Å². The normalized spacial score (nSPS) is 16.0. The Labute approximate surface area is 233 Å². The maximum absolute atomic E-state index is 13.7. The van der Waals surface area contributed by atoms with Gasteiger partial charge in [-0.15, -0.1) is 11.3 Å². The van der Waals surface area contributed by atoms with Crippen molar-refractivity contribution in [3.63, 3.8) is 0 Å². The van der Waals surface area contributed by atoms with E-state index in [-0.39, 0.29) is 22.8 Å². The Hall–Kier alpha value is -3.34. The number of imidazole rings is 1. The number of carbonyl (C=O) groups excluding carboxylic acids is 1. The van der Waals surface area contributed by atoms with Gasteiger partial charge in [-0.1, -0.05) is 25.1 Å². The number of anilines is 1. The van der Waals surface area contributed by atoms with Gasteiger partial charge in [0.15, 0.2) is 0 Å². The Balaban J connectivity index is 1.46. The Kier molecular flexibility index (Phi) is 7.97. The first-order valence-electron chi connectivity index (χ1n) is 13.1. The van der Waals surface area contributed by atoms with Gasteiger partial charge in [0.25, 0.3) is 0 Å². The highest BCUT2D eigenvalue weighted by atomic mass is 32.2. The molecule has 1 amide bonds. The number of carbonyl (C=O) groups is 1. The van der Waals surface area contributed by atoms with Crippen LogP contribution in [0.1, 0.15) is 65.7 Å². The maximum atomic E-state index is 13.7. The molecular weight excluding hydrogens is 530 g/mol. The highest BCUT2D eigenvalue weighted by molar-refractivity contribution is 7.89. The van der Waals surface area contributed by atoms with E-state index in [4.69, 9.17) is 0 Å². The second-order valence-electron chi connectivity index (χ2n) is 10.2. The van der Waals surface area contributed by atoms with Gasteiger partial charge in [0.05, 0.1) is 16.4 Å². The quantitative estimate of drug-likeness (QED) is 0.299. The minimum Gasteiger partial charge on any atom is -0.337 e. The van der Waals surface area contributed by atoms with Crippen molar-refractivity contribution in [2.75, 3.05) is 4.90 Å². The van der Waals surface area contributed by atoms with Crippen LogP contribution in [-0.2, 0) is 34.8 Å². The third kappa shape index (κ3) is 6.13. The van der Waals surface area contributed by atoms with Crippen molar-refractivity contribution >= 4 is 33.0 Å². The number of amides is 1. The lowest BCUT2D eigenvalue weighted by Gasteiger charge is -2.30. The van der Waals surface area contributed by atoms with E-state index in [9.17, 15) is 13.2 Å². The van der Waals surface area contributed by atoms with Gasteiger partial charge in [-0.25, -0.2) is 23.1 Å². The molecule has 2 heterocycles. The fraction of sp³-hybridized carbons (Fsp3) is 0.345. The molecule has 0 bridgehead atoms. The molecule has 0 radical (unpaired) electrons. The number of aryl methyl sites for hydroxylation is 3. The van der Waals surface area contributed by atoms with Gasteiger partial charge < -0.3 is 9.47 Å². The number of fused-ring (bicyclic) bond motifs is 1. The molecule has 8 nitrogen and oxygen atoms in total. The summed E-state index contributed by atoms with van der Waals surface area (Å²) >= 11 is 1.55. The molecule has 1 aliphatic rings. The number of aromatic nitrogens is 3. The highest BCUT2D eigenvalue weighted by Gasteiger charge is 2.28. The van der Waals surface area contributed by atoms with E-state index in [2.05, 4.69) is 14.7 Å². The molecule has 0 aliphatic heterocycles. The van der Waals surface area contributed by atoms with E-state index in [1.165, 1.54) is 0 Å². The Morgan fingerprint density at radius 2 is 2.05 bits per heavy atom. The standard InChI is InChI=1S/C29H33N5O3S2/c1-20-6-4-8-24(16-20)39(36,37)32-26-9-5-7-22-10-11-23(18-25(22)26)34(19-27-30-12-14-33(27)3)28(35)17-21(2)29-31-13-15-38-29/h4,6,8,10-16,18,21,26,32H,5,7,9,17,19H2,1-3H3/t21-,26-/m0/s1. The smallest absolute Gasteiger partial charge is 0.241 e. The number of nitrogens with zero attached hydrogens (tertiary/aromatic N) is 4. The van der Waals surface area contributed by atoms with Gasteiger partial charge in [0, 0.05) is 55.1 Å². The first kappa shape index (κ1) is 27.2. The lowest BCUT2D eigenvalue weighted by atomic mass is 9.87. The van der Waals surface area contributed by atoms with Gasteiger partial charge in [-0.3, -0.25) is 4.79 Å². The topological polar surface area (TPSA) is 97.2 Å². The molecule has 0 fully saturated rings. The largest absolute Gasteiger partial charge is 0.337 e. The Bertz CT molecular complexity index is 1560. The van der Waals surface area contributed by atoms with Crippen LogP contribution in [0.2, 0.25) is 0 Å². The SMILES string of the molecule is Cc1cccc(S(=O)(=O)N[C@H]2CCCc3ccc(N(Cc4nccn4C)C(=O)C[C@H](C)c4nccs4)cc32)c1. The molecule has 39 heavy (non-hydrogen) atoms. The van der Waals surface area contributed by atoms with E-state index in [0.717, 1.165) is 46.1 Å². The summed E-state index contributed by atoms with van der Waals surface area (Å²) in [4.78, 5) is 24.6. The summed E-state index contributed by atoms with van der Waals surface area (Å²) in [6.45, 7) is 4.20. The van der Waals surface area contributed by atoms with Crippen LogP contribution in [0.25, 0.3) is 0 Å². The number of sulfonamides is 1. The first-order chi connectivity index (χ1) is 18.7. The minimum absolute atomic E-state index is 0.0205. The van der Waals surface area contributed by atoms with E-state index >= 15 is 0 Å². The summed E-state index contributed by atoms with van der Waals surface area (Å²) in [6, 6.07) is 12.5. The van der Waals surface area contributed by atoms with Crippen molar-refractivity contribution in [1.29, 1.82) is 0 Å². The molecule has 1 aliphatic carbocycles. The number of nitrogens with one attached hydrogen (secondary N) is 1. The fourth-order valence-corrected chi connectivity index (χ4v) is 7.12. The second kappa shape index (κ2) is 11.4. The third-order valence-corrected chi connectivity index (χ3v) is 9.70. The summed E-state index contributed by atoms with van der Waals surface area (Å²) in [5.74, 6) is 0.709. The summed E-state index contributed by atoms with van der Waals surface area (Å²) in [5, 5.41) is 2.85. The summed E-state index contributed by atoms with van der Waals surface area (Å²) in [5.41, 5.74) is 3.64. The van der Waals surface area contributed by atoms with Crippen molar-refractivity contribution in [2.24, 2.45) is 7.05 Å². The molecule has 2 atom stereocenters. The highest BCUT2D eigenvalue weighted by Crippen LogP contribution is 2.35. The second-order valence-corrected chi connectivity index (χ2v) is 12.8. The lowest BCUT2D eigenvalue weighted by Crippen LogP contribution is -2.34. The third-order valence-electron chi connectivity index (χ3n) is 7.23. The predicted octanol–water partition coefficient (Wildman–Crippen LogP) is 5.27. The van der Waals surface area contributed by atoms with Gasteiger partial charge in [0.2, 0.25) is 15.9 Å². The molecular formula is C29H33N5O3S2. The molecule has 1 N–H and O–H groups in total. The number of hydrogen-bond acceptors (Lipinski definition) is 6. The summed E-state index contributed by atoms with van der Waals surface area (Å²) < 4.78 is 31.4. The average Bonchev–Trinajstić information content (AvgIpc) is 3.59. The van der Waals surface area contributed by atoms with E-state index in [1.54, 1.807) is 46.8 Å². The van der Waals surface area contributed by atoms with Crippen LogP contribution in [0.5, 0.6) is 0 Å². The van der Waals surface area contributed by atoms with Crippen LogP contribution in [0, 0.1) is 6.92 Å². The summed E-state index contributed by atoms with van der Waals surface area (Å²) in [6.07, 6.45) is 8.09. The molecule has 2 aromatic carbocycles. The van der Waals surface area contributed by atoms with Gasteiger partial charge in [-0.2, -0.15) is 0 Å². The van der Waals surface area contributed by atoms with E-state index in [1.807, 2.05) is 61.3 Å². The molecule has 4 aromatic rings. The van der Waals surface area contributed by atoms with Crippen LogP contribution in [0.15, 0.2) is 71.3 Å². The molecule has 0 spiro atoms. The molecule has 2 aromatic heterocycles. The lowest BCUT2D eigenvalue weighted by molar-refractivity contribution is -0.119. The number of rotatable bonds is 9. The van der Waals surface area contributed by atoms with E-state index < -0.39 is 10.0 Å². The van der Waals surface area contributed by atoms with Crippen molar-refractivity contribution in [3.05, 3.63) is 94.0 Å². The van der Waals surface area contributed by atoms with E-state index in [0.29, 0.717) is 19.4 Å². The molecule has 0 saturated heterocycles. The molecule has 0 unspecified atom stereocenters. The van der Waals surface area contributed by atoms with Crippen molar-refractivity contribution < 1.29 is 13.2 Å². The van der Waals surface area contributed by atoms with Gasteiger partial charge in [0.1, 0.15) is 5.82 Å². The Morgan fingerprint density at radius 3 is 2.77 bits per heavy atom. The Morgan fingerprint density at radius 1 is 1.21 bits per heavy atom.